The van der Waals surface area contributed by atoms with E-state index in [1.54, 1.807) is 52.4 Å². The summed E-state index contributed by atoms with van der Waals surface area (Å²) in [5.41, 5.74) is 6.87. The van der Waals surface area contributed by atoms with Gasteiger partial charge in [-0.15, -0.1) is 0 Å². The quantitative estimate of drug-likeness (QED) is 0.247. The highest BCUT2D eigenvalue weighted by Gasteiger charge is 2.29. The van der Waals surface area contributed by atoms with Crippen LogP contribution in [0.2, 0.25) is 0 Å². The van der Waals surface area contributed by atoms with E-state index in [0.717, 1.165) is 0 Å². The Hall–Kier alpha value is -2.60. The number of ether oxygens (including phenoxy) is 3. The van der Waals surface area contributed by atoms with E-state index in [-0.39, 0.29) is 37.3 Å². The molecular formula is C21H36N7O6P. The minimum atomic E-state index is -3.46. The van der Waals surface area contributed by atoms with Crippen LogP contribution in [0.15, 0.2) is 12.7 Å². The number of esters is 2. The van der Waals surface area contributed by atoms with Gasteiger partial charge in [-0.25, -0.2) is 20.0 Å². The lowest BCUT2D eigenvalue weighted by molar-refractivity contribution is -0.149. The summed E-state index contributed by atoms with van der Waals surface area (Å²) >= 11 is 0. The molecule has 0 amide bonds. The van der Waals surface area contributed by atoms with E-state index in [1.165, 1.54) is 6.33 Å². The summed E-state index contributed by atoms with van der Waals surface area (Å²) in [6, 6.07) is -0.866. The van der Waals surface area contributed by atoms with E-state index < -0.39 is 31.5 Å². The number of imidazole rings is 1. The van der Waals surface area contributed by atoms with Crippen LogP contribution >= 0.6 is 7.44 Å². The highest BCUT2D eigenvalue weighted by molar-refractivity contribution is 7.59. The number of aromatic nitrogens is 4. The van der Waals surface area contributed by atoms with Crippen LogP contribution in [-0.4, -0.2) is 68.7 Å². The SMILES string of the molecule is CC(C)OC(=O)CCN[P@@](=O)(CO[C@H](C)Cn1cnc2c(N)ncnc21)N[C@@H](C)C(=O)OC(C)C. The molecule has 0 saturated carbocycles. The van der Waals surface area contributed by atoms with Gasteiger partial charge in [-0.05, 0) is 41.5 Å². The molecule has 13 nitrogen and oxygen atoms in total. The minimum Gasteiger partial charge on any atom is -0.463 e. The van der Waals surface area contributed by atoms with Crippen LogP contribution in [0, 0.1) is 0 Å². The zero-order valence-electron chi connectivity index (χ0n) is 21.1. The van der Waals surface area contributed by atoms with Gasteiger partial charge >= 0.3 is 11.9 Å². The van der Waals surface area contributed by atoms with E-state index in [4.69, 9.17) is 19.9 Å². The molecule has 0 aliphatic heterocycles. The fourth-order valence-electron chi connectivity index (χ4n) is 3.08. The third kappa shape index (κ3) is 9.17. The number of rotatable bonds is 14. The second-order valence-electron chi connectivity index (χ2n) is 8.71. The summed E-state index contributed by atoms with van der Waals surface area (Å²) in [5, 5.41) is 5.65. The molecule has 2 heterocycles. The lowest BCUT2D eigenvalue weighted by atomic mass is 10.4. The molecule has 2 aromatic rings. The predicted octanol–water partition coefficient (Wildman–Crippen LogP) is 1.83. The molecule has 35 heavy (non-hydrogen) atoms. The lowest BCUT2D eigenvalue weighted by Crippen LogP contribution is -2.39. The largest absolute Gasteiger partial charge is 0.463 e. The first-order chi connectivity index (χ1) is 16.4. The maximum atomic E-state index is 13.6. The smallest absolute Gasteiger partial charge is 0.323 e. The molecule has 14 heteroatoms. The van der Waals surface area contributed by atoms with Gasteiger partial charge in [-0.2, -0.15) is 0 Å². The van der Waals surface area contributed by atoms with Crippen molar-refractivity contribution >= 4 is 36.4 Å². The fourth-order valence-corrected chi connectivity index (χ4v) is 5.01. The van der Waals surface area contributed by atoms with Gasteiger partial charge in [0.05, 0.1) is 37.6 Å². The lowest BCUT2D eigenvalue weighted by Gasteiger charge is -2.26. The molecule has 196 valence electrons. The highest BCUT2D eigenvalue weighted by atomic mass is 31.2. The van der Waals surface area contributed by atoms with Gasteiger partial charge in [-0.3, -0.25) is 19.2 Å². The number of carbonyl (C=O) groups is 2. The number of nitrogen functional groups attached to an aromatic ring is 1. The van der Waals surface area contributed by atoms with Crippen molar-refractivity contribution in [3.05, 3.63) is 12.7 Å². The Morgan fingerprint density at radius 3 is 2.43 bits per heavy atom. The number of nitrogens with zero attached hydrogens (tertiary/aromatic N) is 4. The van der Waals surface area contributed by atoms with Crippen molar-refractivity contribution in [2.45, 2.75) is 78.9 Å². The summed E-state index contributed by atoms with van der Waals surface area (Å²) < 4.78 is 31.5. The van der Waals surface area contributed by atoms with Crippen LogP contribution in [0.5, 0.6) is 0 Å². The van der Waals surface area contributed by atoms with Crippen molar-refractivity contribution in [3.63, 3.8) is 0 Å². The number of nitrogens with one attached hydrogen (secondary N) is 2. The average molecular weight is 514 g/mol. The topological polar surface area (TPSA) is 173 Å². The van der Waals surface area contributed by atoms with E-state index in [9.17, 15) is 14.2 Å². The summed E-state index contributed by atoms with van der Waals surface area (Å²) in [6.45, 7) is 10.7. The minimum absolute atomic E-state index is 0.00633. The van der Waals surface area contributed by atoms with Gasteiger partial charge in [0.25, 0.3) is 0 Å². The number of hydrogen-bond donors (Lipinski definition) is 3. The van der Waals surface area contributed by atoms with Gasteiger partial charge in [0.1, 0.15) is 24.2 Å². The maximum absolute atomic E-state index is 13.6. The van der Waals surface area contributed by atoms with Crippen LogP contribution in [0.1, 0.15) is 48.0 Å². The first-order valence-electron chi connectivity index (χ1n) is 11.4. The maximum Gasteiger partial charge on any atom is 0.323 e. The summed E-state index contributed by atoms with van der Waals surface area (Å²) in [7, 11) is -3.46. The summed E-state index contributed by atoms with van der Waals surface area (Å²) in [5.74, 6) is -0.691. The van der Waals surface area contributed by atoms with Crippen LogP contribution in [-0.2, 0) is 34.9 Å². The first-order valence-corrected chi connectivity index (χ1v) is 13.3. The summed E-state index contributed by atoms with van der Waals surface area (Å²) in [4.78, 5) is 36.5. The van der Waals surface area contributed by atoms with Gasteiger partial charge in [0.2, 0.25) is 7.44 Å². The van der Waals surface area contributed by atoms with E-state index in [1.807, 2.05) is 0 Å². The van der Waals surface area contributed by atoms with Crippen molar-refractivity contribution in [3.8, 4) is 0 Å². The van der Waals surface area contributed by atoms with Gasteiger partial charge in [0.15, 0.2) is 11.5 Å². The molecule has 3 atom stereocenters. The molecule has 2 aromatic heterocycles. The van der Waals surface area contributed by atoms with Gasteiger partial charge < -0.3 is 24.5 Å². The molecule has 0 aliphatic carbocycles. The predicted molar refractivity (Wildman–Crippen MR) is 130 cm³/mol. The monoisotopic (exact) mass is 513 g/mol. The fraction of sp³-hybridized carbons (Fsp3) is 0.667. The Kier molecular flexibility index (Phi) is 10.6. The number of nitrogens with two attached hydrogens (primary N) is 1. The molecule has 4 N–H and O–H groups in total. The first kappa shape index (κ1) is 28.6. The third-order valence-electron chi connectivity index (χ3n) is 4.60. The summed E-state index contributed by atoms with van der Waals surface area (Å²) in [6.07, 6.45) is 1.74. The van der Waals surface area contributed by atoms with Crippen LogP contribution in [0.3, 0.4) is 0 Å². The zero-order chi connectivity index (χ0) is 26.2. The molecule has 2 rings (SSSR count). The van der Waals surface area contributed by atoms with Crippen molar-refractivity contribution in [1.82, 2.24) is 29.7 Å². The Morgan fingerprint density at radius 2 is 1.77 bits per heavy atom. The Morgan fingerprint density at radius 1 is 1.09 bits per heavy atom. The van der Waals surface area contributed by atoms with Gasteiger partial charge in [-0.1, -0.05) is 0 Å². The number of carbonyl (C=O) groups excluding carboxylic acids is 2. The Labute approximate surface area is 205 Å². The second kappa shape index (κ2) is 12.9. The molecule has 0 radical (unpaired) electrons. The van der Waals surface area contributed by atoms with E-state index in [2.05, 4.69) is 25.1 Å². The number of anilines is 1. The van der Waals surface area contributed by atoms with Crippen LogP contribution in [0.4, 0.5) is 5.82 Å². The second-order valence-corrected chi connectivity index (χ2v) is 11.0. The van der Waals surface area contributed by atoms with E-state index >= 15 is 0 Å². The normalized spacial score (nSPS) is 15.2. The van der Waals surface area contributed by atoms with E-state index in [0.29, 0.717) is 17.7 Å². The number of hydrogen-bond acceptors (Lipinski definition) is 10. The molecule has 0 unspecified atom stereocenters. The van der Waals surface area contributed by atoms with Crippen molar-refractivity contribution in [2.75, 3.05) is 18.6 Å². The molecular weight excluding hydrogens is 477 g/mol. The van der Waals surface area contributed by atoms with Crippen molar-refractivity contribution in [1.29, 1.82) is 0 Å². The molecule has 0 spiro atoms. The number of fused-ring (bicyclic) bond motifs is 1. The molecule has 0 fully saturated rings. The molecule has 0 aromatic carbocycles. The Balaban J connectivity index is 2.03. The molecule has 0 saturated heterocycles. The van der Waals surface area contributed by atoms with Gasteiger partial charge in [0, 0.05) is 6.54 Å². The standard InChI is InChI=1S/C21H36N7O6P/c1-13(2)33-17(29)7-8-26-35(31,27-16(6)21(30)34-14(3)4)12-32-15(5)9-28-11-25-18-19(22)23-10-24-20(18)28/h10-11,13-16H,7-9,12H2,1-6H3,(H2,22,23,24)(H2,26,27,31)/t15-,16+,35+/m1/s1. The average Bonchev–Trinajstić information content (AvgIpc) is 3.15. The third-order valence-corrected chi connectivity index (χ3v) is 6.65. The van der Waals surface area contributed by atoms with Crippen LogP contribution in [0.25, 0.3) is 11.2 Å². The molecule has 0 bridgehead atoms. The Bertz CT molecular complexity index is 1040. The highest BCUT2D eigenvalue weighted by Crippen LogP contribution is 2.37. The van der Waals surface area contributed by atoms with Crippen molar-refractivity contribution in [2.24, 2.45) is 0 Å². The van der Waals surface area contributed by atoms with Crippen LogP contribution < -0.4 is 15.9 Å². The zero-order valence-corrected chi connectivity index (χ0v) is 21.9. The van der Waals surface area contributed by atoms with Crippen molar-refractivity contribution < 1.29 is 28.4 Å². The molecule has 0 aliphatic rings.